The van der Waals surface area contributed by atoms with Crippen molar-refractivity contribution in [2.45, 2.75) is 76.5 Å². The second kappa shape index (κ2) is 7.52. The maximum absolute atomic E-state index is 12.1. The minimum Gasteiger partial charge on any atom is -0.352 e. The van der Waals surface area contributed by atoms with Crippen LogP contribution in [0, 0.1) is 0 Å². The Hall–Kier alpha value is -1.05. The van der Waals surface area contributed by atoms with Crippen molar-refractivity contribution in [1.82, 2.24) is 14.2 Å². The van der Waals surface area contributed by atoms with Crippen molar-refractivity contribution in [2.75, 3.05) is 6.54 Å². The number of hydrogen-bond donors (Lipinski definition) is 1. The number of aromatic nitrogens is 2. The maximum atomic E-state index is 12.1. The second-order valence-electron chi connectivity index (χ2n) is 7.07. The van der Waals surface area contributed by atoms with E-state index in [-0.39, 0.29) is 23.9 Å². The highest BCUT2D eigenvalue weighted by Gasteiger charge is 2.48. The van der Waals surface area contributed by atoms with Gasteiger partial charge in [0.15, 0.2) is 0 Å². The first-order valence-corrected chi connectivity index (χ1v) is 10.6. The molecule has 6 atom stereocenters. The number of nitrogens with zero attached hydrogens (tertiary/aromatic N) is 2. The Morgan fingerprint density at radius 1 is 1.31 bits per heavy atom. The summed E-state index contributed by atoms with van der Waals surface area (Å²) in [6, 6.07) is 1.80. The van der Waals surface area contributed by atoms with E-state index in [9.17, 15) is 9.59 Å². The summed E-state index contributed by atoms with van der Waals surface area (Å²) in [7, 11) is -1.10. The van der Waals surface area contributed by atoms with Crippen LogP contribution in [-0.2, 0) is 13.8 Å². The standard InChI is InChI=1S/C17H26N3O5P/c1-3-12-11-6-5-9-19(11)26(24-12)25-14-10-16(23-13(14)4-2)20-15(21)7-8-18-17(20)22/h7-8,11-14,16H,3-6,9-10H2,1-2H3,(H,18,22)/t11-,12+,13+,14?,16+,26+/m0/s1. The fourth-order valence-corrected chi connectivity index (χ4v) is 6.27. The highest BCUT2D eigenvalue weighted by molar-refractivity contribution is 7.45. The summed E-state index contributed by atoms with van der Waals surface area (Å²) < 4.78 is 22.1. The molecule has 1 unspecified atom stereocenters. The van der Waals surface area contributed by atoms with Gasteiger partial charge in [0.1, 0.15) is 6.23 Å². The monoisotopic (exact) mass is 383 g/mol. The number of ether oxygens (including phenoxy) is 1. The van der Waals surface area contributed by atoms with Crippen LogP contribution >= 0.6 is 8.53 Å². The summed E-state index contributed by atoms with van der Waals surface area (Å²) >= 11 is 0. The van der Waals surface area contributed by atoms with Crippen LogP contribution in [0.25, 0.3) is 0 Å². The molecule has 3 aliphatic heterocycles. The zero-order chi connectivity index (χ0) is 18.3. The predicted octanol–water partition coefficient (Wildman–Crippen LogP) is 2.12. The molecule has 0 bridgehead atoms. The number of aromatic amines is 1. The minimum atomic E-state index is -1.10. The lowest BCUT2D eigenvalue weighted by molar-refractivity contribution is -0.0202. The second-order valence-corrected chi connectivity index (χ2v) is 8.48. The molecule has 3 saturated heterocycles. The van der Waals surface area contributed by atoms with E-state index in [1.807, 2.05) is 6.92 Å². The third-order valence-electron chi connectivity index (χ3n) is 5.52. The average molecular weight is 383 g/mol. The van der Waals surface area contributed by atoms with Gasteiger partial charge >= 0.3 is 5.69 Å². The number of hydrogen-bond acceptors (Lipinski definition) is 6. The van der Waals surface area contributed by atoms with Gasteiger partial charge in [-0.3, -0.25) is 4.79 Å². The van der Waals surface area contributed by atoms with Crippen LogP contribution in [0.3, 0.4) is 0 Å². The van der Waals surface area contributed by atoms with E-state index in [0.29, 0.717) is 12.5 Å². The summed E-state index contributed by atoms with van der Waals surface area (Å²) in [5, 5.41) is 0. The van der Waals surface area contributed by atoms with Crippen LogP contribution < -0.4 is 11.2 Å². The molecular formula is C17H26N3O5P. The number of fused-ring (bicyclic) bond motifs is 1. The van der Waals surface area contributed by atoms with E-state index in [1.54, 1.807) is 0 Å². The van der Waals surface area contributed by atoms with Crippen molar-refractivity contribution < 1.29 is 13.8 Å². The molecule has 0 spiro atoms. The van der Waals surface area contributed by atoms with E-state index in [2.05, 4.69) is 16.6 Å². The molecule has 0 saturated carbocycles. The fraction of sp³-hybridized carbons (Fsp3) is 0.765. The Morgan fingerprint density at radius 3 is 2.85 bits per heavy atom. The number of rotatable bonds is 5. The molecule has 3 fully saturated rings. The first kappa shape index (κ1) is 18.3. The van der Waals surface area contributed by atoms with Gasteiger partial charge in [-0.15, -0.1) is 0 Å². The molecule has 1 aromatic rings. The van der Waals surface area contributed by atoms with Gasteiger partial charge in [0.25, 0.3) is 14.1 Å². The Labute approximate surface area is 153 Å². The molecule has 26 heavy (non-hydrogen) atoms. The van der Waals surface area contributed by atoms with Gasteiger partial charge in [0.2, 0.25) is 0 Å². The molecule has 8 nitrogen and oxygen atoms in total. The van der Waals surface area contributed by atoms with Gasteiger partial charge < -0.3 is 18.8 Å². The first-order chi connectivity index (χ1) is 12.6. The lowest BCUT2D eigenvalue weighted by Gasteiger charge is -2.25. The van der Waals surface area contributed by atoms with Crippen LogP contribution in [0.4, 0.5) is 0 Å². The van der Waals surface area contributed by atoms with Crippen molar-refractivity contribution in [3.8, 4) is 0 Å². The van der Waals surface area contributed by atoms with Gasteiger partial charge in [-0.25, -0.2) is 14.0 Å². The zero-order valence-corrected chi connectivity index (χ0v) is 16.1. The normalized spacial score (nSPS) is 37.3. The lowest BCUT2D eigenvalue weighted by Crippen LogP contribution is -2.37. The molecule has 0 radical (unpaired) electrons. The Bertz CT molecular complexity index is 724. The van der Waals surface area contributed by atoms with E-state index in [1.165, 1.54) is 18.7 Å². The zero-order valence-electron chi connectivity index (χ0n) is 15.2. The fourth-order valence-electron chi connectivity index (χ4n) is 4.19. The largest absolute Gasteiger partial charge is 0.352 e. The molecule has 4 rings (SSSR count). The van der Waals surface area contributed by atoms with Crippen LogP contribution in [-0.4, -0.2) is 45.1 Å². The SMILES string of the molecule is CC[C@H]1O[C@@H](n2c(=O)cc[nH]c2=O)CC1O[P@@]1O[C@H](CC)[C@@H]2CCCN21. The lowest BCUT2D eigenvalue weighted by atomic mass is 10.1. The van der Waals surface area contributed by atoms with Gasteiger partial charge in [0.05, 0.1) is 18.3 Å². The van der Waals surface area contributed by atoms with Crippen molar-refractivity contribution in [1.29, 1.82) is 0 Å². The molecule has 0 aromatic carbocycles. The van der Waals surface area contributed by atoms with Crippen molar-refractivity contribution in [3.63, 3.8) is 0 Å². The predicted molar refractivity (Wildman–Crippen MR) is 96.8 cm³/mol. The average Bonchev–Trinajstić information content (AvgIpc) is 3.31. The third kappa shape index (κ3) is 3.18. The van der Waals surface area contributed by atoms with Crippen LogP contribution in [0.2, 0.25) is 0 Å². The Morgan fingerprint density at radius 2 is 2.12 bits per heavy atom. The summed E-state index contributed by atoms with van der Waals surface area (Å²) in [4.78, 5) is 26.7. The highest BCUT2D eigenvalue weighted by Crippen LogP contribution is 2.58. The number of H-pyrrole nitrogens is 1. The summed E-state index contributed by atoms with van der Waals surface area (Å²) in [5.41, 5.74) is -0.811. The molecule has 1 aromatic heterocycles. The van der Waals surface area contributed by atoms with E-state index >= 15 is 0 Å². The topological polar surface area (TPSA) is 85.8 Å². The molecule has 4 heterocycles. The number of nitrogens with one attached hydrogen (secondary N) is 1. The molecule has 3 aliphatic rings. The quantitative estimate of drug-likeness (QED) is 0.784. The van der Waals surface area contributed by atoms with Crippen LogP contribution in [0.15, 0.2) is 21.9 Å². The van der Waals surface area contributed by atoms with E-state index < -0.39 is 20.4 Å². The summed E-state index contributed by atoms with van der Waals surface area (Å²) in [6.07, 6.45) is 5.22. The van der Waals surface area contributed by atoms with Crippen LogP contribution in [0.1, 0.15) is 52.2 Å². The smallest absolute Gasteiger partial charge is 0.330 e. The molecule has 144 valence electrons. The van der Waals surface area contributed by atoms with E-state index in [4.69, 9.17) is 13.8 Å². The molecular weight excluding hydrogens is 357 g/mol. The van der Waals surface area contributed by atoms with Gasteiger partial charge in [0, 0.05) is 31.3 Å². The minimum absolute atomic E-state index is 0.153. The molecule has 1 N–H and O–H groups in total. The first-order valence-electron chi connectivity index (χ1n) is 9.48. The highest BCUT2D eigenvalue weighted by atomic mass is 31.2. The van der Waals surface area contributed by atoms with Crippen LogP contribution in [0.5, 0.6) is 0 Å². The molecule has 9 heteroatoms. The van der Waals surface area contributed by atoms with Crippen molar-refractivity contribution >= 4 is 8.53 Å². The van der Waals surface area contributed by atoms with E-state index in [0.717, 1.165) is 30.4 Å². The maximum Gasteiger partial charge on any atom is 0.330 e. The van der Waals surface area contributed by atoms with Gasteiger partial charge in [-0.2, -0.15) is 0 Å². The molecule has 0 aliphatic carbocycles. The Kier molecular flexibility index (Phi) is 5.30. The van der Waals surface area contributed by atoms with Crippen molar-refractivity contribution in [2.24, 2.45) is 0 Å². The van der Waals surface area contributed by atoms with Gasteiger partial charge in [-0.1, -0.05) is 13.8 Å². The van der Waals surface area contributed by atoms with Crippen molar-refractivity contribution in [3.05, 3.63) is 33.1 Å². The third-order valence-corrected chi connectivity index (χ3v) is 7.34. The molecule has 0 amide bonds. The summed E-state index contributed by atoms with van der Waals surface area (Å²) in [6.45, 7) is 5.19. The summed E-state index contributed by atoms with van der Waals surface area (Å²) in [5.74, 6) is 0. The Balaban J connectivity index is 1.50. The van der Waals surface area contributed by atoms with Gasteiger partial charge in [-0.05, 0) is 25.7 Å².